The van der Waals surface area contributed by atoms with Gasteiger partial charge in [-0.15, -0.1) is 0 Å². The number of ether oxygens (including phenoxy) is 1. The average Bonchev–Trinajstić information content (AvgIpc) is 2.81. The molecule has 0 saturated carbocycles. The number of unbranched alkanes of at least 4 members (excludes halogenated alkanes) is 1. The summed E-state index contributed by atoms with van der Waals surface area (Å²) in [6.07, 6.45) is 3.92. The van der Waals surface area contributed by atoms with E-state index < -0.39 is 0 Å². The van der Waals surface area contributed by atoms with E-state index in [0.29, 0.717) is 12.5 Å². The highest BCUT2D eigenvalue weighted by atomic mass is 16.5. The Labute approximate surface area is 205 Å². The molecule has 0 heterocycles. The van der Waals surface area contributed by atoms with Crippen molar-refractivity contribution >= 4 is 5.91 Å². The van der Waals surface area contributed by atoms with Crippen LogP contribution in [0.5, 0.6) is 5.75 Å². The Morgan fingerprint density at radius 3 is 2.29 bits per heavy atom. The molecule has 180 valence electrons. The summed E-state index contributed by atoms with van der Waals surface area (Å²) in [7, 11) is 0. The fourth-order valence-electron chi connectivity index (χ4n) is 4.38. The molecule has 0 spiro atoms. The van der Waals surface area contributed by atoms with Gasteiger partial charge in [-0.3, -0.25) is 4.79 Å². The summed E-state index contributed by atoms with van der Waals surface area (Å²) in [6, 6.07) is 22.6. The van der Waals surface area contributed by atoms with Crippen molar-refractivity contribution in [1.82, 2.24) is 5.32 Å². The number of hydrogen-bond acceptors (Lipinski definition) is 2. The molecule has 0 bridgehead atoms. The number of hydrogen-bond donors (Lipinski definition) is 1. The molecule has 3 rings (SSSR count). The normalized spacial score (nSPS) is 11.9. The highest BCUT2D eigenvalue weighted by Gasteiger charge is 2.20. The van der Waals surface area contributed by atoms with Crippen LogP contribution in [0.1, 0.15) is 84.3 Å². The topological polar surface area (TPSA) is 38.3 Å². The smallest absolute Gasteiger partial charge is 0.252 e. The number of carbonyl (C=O) groups is 1. The molecule has 3 aromatic rings. The van der Waals surface area contributed by atoms with E-state index in [2.05, 4.69) is 64.2 Å². The minimum absolute atomic E-state index is 0.0268. The second-order valence-electron chi connectivity index (χ2n) is 9.77. The number of amides is 1. The maximum atomic E-state index is 13.6. The first-order chi connectivity index (χ1) is 16.4. The number of aryl methyl sites for hydroxylation is 3. The molecule has 3 heteroatoms. The summed E-state index contributed by atoms with van der Waals surface area (Å²) in [5.41, 5.74) is 6.52. The minimum Gasteiger partial charge on any atom is -0.489 e. The lowest BCUT2D eigenvalue weighted by molar-refractivity contribution is 0.0930. The molecule has 0 aliphatic heterocycles. The predicted octanol–water partition coefficient (Wildman–Crippen LogP) is 7.74. The van der Waals surface area contributed by atoms with Crippen molar-refractivity contribution in [3.63, 3.8) is 0 Å². The fourth-order valence-corrected chi connectivity index (χ4v) is 4.38. The van der Waals surface area contributed by atoms with Gasteiger partial charge in [-0.25, -0.2) is 0 Å². The van der Waals surface area contributed by atoms with E-state index in [1.807, 2.05) is 42.5 Å². The van der Waals surface area contributed by atoms with Gasteiger partial charge in [-0.1, -0.05) is 92.9 Å². The second-order valence-corrected chi connectivity index (χ2v) is 9.77. The van der Waals surface area contributed by atoms with Crippen LogP contribution in [0.25, 0.3) is 0 Å². The van der Waals surface area contributed by atoms with Crippen molar-refractivity contribution in [1.29, 1.82) is 0 Å². The highest BCUT2D eigenvalue weighted by Crippen LogP contribution is 2.26. The molecule has 1 N–H and O–H groups in total. The predicted molar refractivity (Wildman–Crippen MR) is 141 cm³/mol. The maximum absolute atomic E-state index is 13.6. The number of nitrogens with one attached hydrogen (secondary N) is 1. The zero-order valence-corrected chi connectivity index (χ0v) is 21.4. The molecule has 3 nitrogen and oxygen atoms in total. The van der Waals surface area contributed by atoms with Crippen LogP contribution >= 0.6 is 0 Å². The van der Waals surface area contributed by atoms with Crippen molar-refractivity contribution < 1.29 is 9.53 Å². The van der Waals surface area contributed by atoms with Crippen molar-refractivity contribution in [2.75, 3.05) is 0 Å². The van der Waals surface area contributed by atoms with Crippen LogP contribution in [0.2, 0.25) is 0 Å². The van der Waals surface area contributed by atoms with Gasteiger partial charge in [0.05, 0.1) is 6.04 Å². The molecule has 1 unspecified atom stereocenters. The van der Waals surface area contributed by atoms with E-state index in [1.54, 1.807) is 0 Å². The Hall–Kier alpha value is -3.07. The van der Waals surface area contributed by atoms with Gasteiger partial charge >= 0.3 is 0 Å². The summed E-state index contributed by atoms with van der Waals surface area (Å²) < 4.78 is 6.05. The zero-order valence-electron chi connectivity index (χ0n) is 21.4. The van der Waals surface area contributed by atoms with E-state index in [-0.39, 0.29) is 11.9 Å². The Bertz CT molecular complexity index is 1050. The first kappa shape index (κ1) is 25.6. The van der Waals surface area contributed by atoms with Crippen molar-refractivity contribution in [2.24, 2.45) is 5.92 Å². The third-order valence-corrected chi connectivity index (χ3v) is 6.03. The summed E-state index contributed by atoms with van der Waals surface area (Å²) in [4.78, 5) is 13.6. The van der Waals surface area contributed by atoms with Crippen LogP contribution in [0, 0.1) is 19.8 Å². The third-order valence-electron chi connectivity index (χ3n) is 6.03. The molecule has 0 aliphatic rings. The van der Waals surface area contributed by atoms with E-state index in [1.165, 1.54) is 16.7 Å². The minimum atomic E-state index is -0.0287. The molecular formula is C31H39NO2. The fraction of sp³-hybridized carbons (Fsp3) is 0.387. The molecule has 3 aromatic carbocycles. The number of rotatable bonds is 11. The van der Waals surface area contributed by atoms with E-state index in [9.17, 15) is 4.79 Å². The quantitative estimate of drug-likeness (QED) is 0.320. The average molecular weight is 458 g/mol. The Balaban J connectivity index is 1.86. The second kappa shape index (κ2) is 12.4. The largest absolute Gasteiger partial charge is 0.489 e. The third kappa shape index (κ3) is 7.48. The van der Waals surface area contributed by atoms with Gasteiger partial charge in [0, 0.05) is 5.56 Å². The van der Waals surface area contributed by atoms with E-state index in [4.69, 9.17) is 4.74 Å². The lowest BCUT2D eigenvalue weighted by Gasteiger charge is -2.23. The number of benzene rings is 3. The monoisotopic (exact) mass is 457 g/mol. The maximum Gasteiger partial charge on any atom is 0.252 e. The SMILES string of the molecule is CCCCc1ccc(OCc2ccccc2)cc1C(=O)NC(CC(C)C)c1cc(C)cc(C)c1. The molecule has 1 atom stereocenters. The molecule has 0 saturated heterocycles. The van der Waals surface area contributed by atoms with Crippen LogP contribution in [0.4, 0.5) is 0 Å². The van der Waals surface area contributed by atoms with Crippen molar-refractivity contribution in [3.05, 3.63) is 100 Å². The summed E-state index contributed by atoms with van der Waals surface area (Å²) >= 11 is 0. The van der Waals surface area contributed by atoms with Gasteiger partial charge in [-0.2, -0.15) is 0 Å². The van der Waals surface area contributed by atoms with Gasteiger partial charge in [0.25, 0.3) is 5.91 Å². The molecule has 0 radical (unpaired) electrons. The Morgan fingerprint density at radius 1 is 0.941 bits per heavy atom. The Morgan fingerprint density at radius 2 is 1.65 bits per heavy atom. The first-order valence-electron chi connectivity index (χ1n) is 12.5. The highest BCUT2D eigenvalue weighted by molar-refractivity contribution is 5.96. The lowest BCUT2D eigenvalue weighted by Crippen LogP contribution is -2.30. The molecule has 1 amide bonds. The van der Waals surface area contributed by atoms with Gasteiger partial charge < -0.3 is 10.1 Å². The summed E-state index contributed by atoms with van der Waals surface area (Å²) in [6.45, 7) is 11.3. The molecule has 34 heavy (non-hydrogen) atoms. The Kier molecular flexibility index (Phi) is 9.33. The van der Waals surface area contributed by atoms with E-state index >= 15 is 0 Å². The first-order valence-corrected chi connectivity index (χ1v) is 12.5. The van der Waals surface area contributed by atoms with Gasteiger partial charge in [0.2, 0.25) is 0 Å². The lowest BCUT2D eigenvalue weighted by atomic mass is 9.93. The van der Waals surface area contributed by atoms with Crippen LogP contribution < -0.4 is 10.1 Å². The number of carbonyl (C=O) groups excluding carboxylic acids is 1. The van der Waals surface area contributed by atoms with Crippen LogP contribution in [-0.4, -0.2) is 5.91 Å². The van der Waals surface area contributed by atoms with Crippen LogP contribution in [0.15, 0.2) is 66.7 Å². The molecule has 0 aliphatic carbocycles. The van der Waals surface area contributed by atoms with Crippen LogP contribution in [0.3, 0.4) is 0 Å². The van der Waals surface area contributed by atoms with E-state index in [0.717, 1.165) is 48.1 Å². The van der Waals surface area contributed by atoms with Crippen molar-refractivity contribution in [2.45, 2.75) is 73.0 Å². The molecule has 0 fully saturated rings. The summed E-state index contributed by atoms with van der Waals surface area (Å²) in [5, 5.41) is 3.36. The summed E-state index contributed by atoms with van der Waals surface area (Å²) in [5.74, 6) is 1.16. The van der Waals surface area contributed by atoms with Crippen LogP contribution in [-0.2, 0) is 13.0 Å². The zero-order chi connectivity index (χ0) is 24.5. The van der Waals surface area contributed by atoms with Gasteiger partial charge in [-0.05, 0) is 67.9 Å². The molecule has 0 aromatic heterocycles. The standard InChI is InChI=1S/C31H39NO2/c1-6-7-13-26-14-15-28(34-21-25-11-9-8-10-12-25)20-29(26)31(33)32-30(16-22(2)3)27-18-23(4)17-24(5)19-27/h8-12,14-15,17-20,22,30H,6-7,13,16,21H2,1-5H3,(H,32,33). The molecular weight excluding hydrogens is 418 g/mol. The van der Waals surface area contributed by atoms with Gasteiger partial charge in [0.15, 0.2) is 0 Å². The van der Waals surface area contributed by atoms with Gasteiger partial charge in [0.1, 0.15) is 12.4 Å². The van der Waals surface area contributed by atoms with Crippen molar-refractivity contribution in [3.8, 4) is 5.75 Å².